The van der Waals surface area contributed by atoms with Crippen LogP contribution in [0.3, 0.4) is 0 Å². The fraction of sp³-hybridized carbons (Fsp3) is 0.682. The summed E-state index contributed by atoms with van der Waals surface area (Å²) in [7, 11) is 4.12. The molecule has 0 aromatic heterocycles. The third-order valence-corrected chi connectivity index (χ3v) is 6.79. The molecule has 4 nitrogen and oxygen atoms in total. The number of benzene rings is 1. The average molecular weight is 360 g/mol. The van der Waals surface area contributed by atoms with E-state index in [2.05, 4.69) is 30.1 Å². The summed E-state index contributed by atoms with van der Waals surface area (Å²) in [6.07, 6.45) is 9.25. The van der Waals surface area contributed by atoms with Gasteiger partial charge in [-0.25, -0.2) is 0 Å². The number of carboxylic acid groups (broad SMARTS) is 1. The molecule has 1 aromatic carbocycles. The van der Waals surface area contributed by atoms with E-state index >= 15 is 0 Å². The highest BCUT2D eigenvalue weighted by Gasteiger charge is 2.53. The van der Waals surface area contributed by atoms with Gasteiger partial charge in [0.05, 0.1) is 7.11 Å². The van der Waals surface area contributed by atoms with Crippen LogP contribution in [-0.4, -0.2) is 42.7 Å². The minimum atomic E-state index is -0.711. The van der Waals surface area contributed by atoms with Crippen molar-refractivity contribution < 1.29 is 14.6 Å². The van der Waals surface area contributed by atoms with E-state index in [1.165, 1.54) is 45.1 Å². The first-order valence-electron chi connectivity index (χ1n) is 10.1. The second kappa shape index (κ2) is 7.99. The highest BCUT2D eigenvalue weighted by molar-refractivity contribution is 5.66. The molecule has 1 heterocycles. The van der Waals surface area contributed by atoms with Crippen molar-refractivity contribution in [1.82, 2.24) is 4.90 Å². The van der Waals surface area contributed by atoms with Crippen LogP contribution in [0.15, 0.2) is 18.2 Å². The summed E-state index contributed by atoms with van der Waals surface area (Å²) in [6, 6.07) is 7.60. The maximum absolute atomic E-state index is 9.60. The summed E-state index contributed by atoms with van der Waals surface area (Å²) in [6.45, 7) is 3.10. The van der Waals surface area contributed by atoms with Crippen molar-refractivity contribution in [3.8, 4) is 5.75 Å². The molecule has 2 fully saturated rings. The number of likely N-dealkylation sites (N-methyl/N-ethyl adjacent to an activating group) is 1. The molecule has 1 saturated heterocycles. The van der Waals surface area contributed by atoms with Crippen molar-refractivity contribution in [2.75, 3.05) is 20.7 Å². The van der Waals surface area contributed by atoms with Crippen LogP contribution in [0.4, 0.5) is 0 Å². The van der Waals surface area contributed by atoms with Gasteiger partial charge in [-0.15, -0.1) is 0 Å². The number of carboxylic acids is 1. The molecule has 2 bridgehead atoms. The lowest BCUT2D eigenvalue weighted by Crippen LogP contribution is -2.59. The molecule has 1 N–H and O–H groups in total. The lowest BCUT2D eigenvalue weighted by Gasteiger charge is -2.58. The molecular formula is C22H33NO3. The Labute approximate surface area is 157 Å². The van der Waals surface area contributed by atoms with E-state index in [9.17, 15) is 4.79 Å². The van der Waals surface area contributed by atoms with Crippen LogP contribution in [0, 0.1) is 5.92 Å². The molecule has 0 radical (unpaired) electrons. The van der Waals surface area contributed by atoms with E-state index in [0.29, 0.717) is 11.8 Å². The molecule has 4 rings (SSSR count). The van der Waals surface area contributed by atoms with Crippen LogP contribution >= 0.6 is 0 Å². The molecule has 1 aromatic rings. The molecule has 4 heteroatoms. The molecule has 1 saturated carbocycles. The minimum absolute atomic E-state index is 0.292. The van der Waals surface area contributed by atoms with E-state index in [1.54, 1.807) is 18.2 Å². The van der Waals surface area contributed by atoms with Gasteiger partial charge in [0.2, 0.25) is 0 Å². The third kappa shape index (κ3) is 3.48. The van der Waals surface area contributed by atoms with Gasteiger partial charge in [0, 0.05) is 17.9 Å². The number of piperidine rings is 1. The van der Waals surface area contributed by atoms with E-state index in [0.717, 1.165) is 24.1 Å². The molecule has 1 aliphatic heterocycles. The zero-order chi connectivity index (χ0) is 18.7. The molecule has 2 aliphatic carbocycles. The predicted molar refractivity (Wildman–Crippen MR) is 104 cm³/mol. The number of rotatable bonds is 3. The van der Waals surface area contributed by atoms with Crippen LogP contribution in [0.5, 0.6) is 5.75 Å². The number of methoxy groups -OCH3 is 1. The molecule has 0 unspecified atom stereocenters. The van der Waals surface area contributed by atoms with Crippen molar-refractivity contribution in [2.24, 2.45) is 5.92 Å². The largest absolute Gasteiger partial charge is 0.497 e. The molecule has 3 aliphatic rings. The summed E-state index contributed by atoms with van der Waals surface area (Å²) in [5.41, 5.74) is 3.67. The van der Waals surface area contributed by atoms with Gasteiger partial charge in [-0.1, -0.05) is 25.8 Å². The molecule has 0 amide bonds. The number of nitrogens with zero attached hydrogens (tertiary/aromatic N) is 1. The Kier molecular flexibility index (Phi) is 5.91. The fourth-order valence-corrected chi connectivity index (χ4v) is 5.52. The summed E-state index contributed by atoms with van der Waals surface area (Å²) in [5.74, 6) is 1.20. The molecular weight excluding hydrogens is 326 g/mol. The maximum atomic E-state index is 9.60. The molecule has 3 atom stereocenters. The standard InChI is InChI=1S/C18H25NO.C4H8O2/c1-19-10-9-18-8-4-3-5-15(18)17(19)11-13-6-7-14(20-2)12-16(13)18;1-2-3-4(5)6/h6-7,12,15,17H,3-5,8-11H2,1-2H3;2-3H2,1H3,(H,5,6)/t15-,17+,18+;/m1./s1. The zero-order valence-electron chi connectivity index (χ0n) is 16.5. The van der Waals surface area contributed by atoms with Crippen molar-refractivity contribution in [2.45, 2.75) is 69.7 Å². The Morgan fingerprint density at radius 1 is 1.35 bits per heavy atom. The van der Waals surface area contributed by atoms with Gasteiger partial charge in [-0.05, 0) is 74.9 Å². The van der Waals surface area contributed by atoms with Crippen LogP contribution in [-0.2, 0) is 16.6 Å². The quantitative estimate of drug-likeness (QED) is 0.876. The number of fused-ring (bicyclic) bond motifs is 1. The van der Waals surface area contributed by atoms with Gasteiger partial charge in [0.25, 0.3) is 0 Å². The van der Waals surface area contributed by atoms with Gasteiger partial charge in [0.15, 0.2) is 0 Å². The van der Waals surface area contributed by atoms with E-state index in [1.807, 2.05) is 6.92 Å². The van der Waals surface area contributed by atoms with E-state index in [4.69, 9.17) is 9.84 Å². The van der Waals surface area contributed by atoms with Gasteiger partial charge >= 0.3 is 5.97 Å². The zero-order valence-corrected chi connectivity index (χ0v) is 16.5. The number of hydrogen-bond donors (Lipinski definition) is 1. The maximum Gasteiger partial charge on any atom is 0.303 e. The third-order valence-electron chi connectivity index (χ3n) is 6.79. The predicted octanol–water partition coefficient (Wildman–Crippen LogP) is 4.25. The normalized spacial score (nSPS) is 29.7. The number of hydrogen-bond acceptors (Lipinski definition) is 3. The lowest BCUT2D eigenvalue weighted by molar-refractivity contribution is -0.137. The van der Waals surface area contributed by atoms with Gasteiger partial charge < -0.3 is 14.7 Å². The second-order valence-electron chi connectivity index (χ2n) is 8.18. The van der Waals surface area contributed by atoms with Crippen molar-refractivity contribution in [1.29, 1.82) is 0 Å². The molecule has 26 heavy (non-hydrogen) atoms. The van der Waals surface area contributed by atoms with Crippen LogP contribution < -0.4 is 4.74 Å². The summed E-state index contributed by atoms with van der Waals surface area (Å²) in [4.78, 5) is 12.2. The van der Waals surface area contributed by atoms with Crippen molar-refractivity contribution in [3.05, 3.63) is 29.3 Å². The minimum Gasteiger partial charge on any atom is -0.497 e. The monoisotopic (exact) mass is 359 g/mol. The van der Waals surface area contributed by atoms with Gasteiger partial charge in [-0.3, -0.25) is 4.79 Å². The lowest BCUT2D eigenvalue weighted by atomic mass is 9.52. The second-order valence-corrected chi connectivity index (χ2v) is 8.18. The number of carbonyl (C=O) groups is 1. The Morgan fingerprint density at radius 3 is 2.81 bits per heavy atom. The Balaban J connectivity index is 0.000000286. The number of ether oxygens (including phenoxy) is 1. The first kappa shape index (κ1) is 19.2. The fourth-order valence-electron chi connectivity index (χ4n) is 5.52. The van der Waals surface area contributed by atoms with E-state index < -0.39 is 5.97 Å². The highest BCUT2D eigenvalue weighted by Crippen LogP contribution is 2.55. The topological polar surface area (TPSA) is 49.8 Å². The Morgan fingerprint density at radius 2 is 2.15 bits per heavy atom. The highest BCUT2D eigenvalue weighted by atomic mass is 16.5. The smallest absolute Gasteiger partial charge is 0.303 e. The van der Waals surface area contributed by atoms with Gasteiger partial charge in [0.1, 0.15) is 5.75 Å². The van der Waals surface area contributed by atoms with Crippen molar-refractivity contribution >= 4 is 5.97 Å². The van der Waals surface area contributed by atoms with Crippen molar-refractivity contribution in [3.63, 3.8) is 0 Å². The summed E-state index contributed by atoms with van der Waals surface area (Å²) < 4.78 is 5.51. The molecule has 144 valence electrons. The van der Waals surface area contributed by atoms with E-state index in [-0.39, 0.29) is 0 Å². The number of likely N-dealkylation sites (tertiary alicyclic amines) is 1. The Hall–Kier alpha value is -1.55. The SMILES string of the molecule is CCCC(=O)O.COc1ccc2c(c1)[C@]13CCCC[C@@H]1[C@H](C2)N(C)CC3. The first-order valence-corrected chi connectivity index (χ1v) is 10.1. The first-order chi connectivity index (χ1) is 12.5. The average Bonchev–Trinajstić information content (AvgIpc) is 2.65. The summed E-state index contributed by atoms with van der Waals surface area (Å²) >= 11 is 0. The van der Waals surface area contributed by atoms with Crippen LogP contribution in [0.1, 0.15) is 63.0 Å². The Bertz CT molecular complexity index is 644. The van der Waals surface area contributed by atoms with Crippen LogP contribution in [0.25, 0.3) is 0 Å². The number of aliphatic carboxylic acids is 1. The van der Waals surface area contributed by atoms with Crippen LogP contribution in [0.2, 0.25) is 0 Å². The summed E-state index contributed by atoms with van der Waals surface area (Å²) in [5, 5.41) is 7.91. The van der Waals surface area contributed by atoms with Gasteiger partial charge in [-0.2, -0.15) is 0 Å². The molecule has 0 spiro atoms.